The monoisotopic (exact) mass is 559 g/mol. The molecule has 1 unspecified atom stereocenters. The van der Waals surface area contributed by atoms with Gasteiger partial charge in [0.15, 0.2) is 5.78 Å². The van der Waals surface area contributed by atoms with Crippen LogP contribution < -0.4 is 10.1 Å². The number of unbranched alkanes of at least 4 members (excludes halogenated alkanes) is 1. The molecule has 0 aliphatic rings. The zero-order chi connectivity index (χ0) is 29.6. The first-order chi connectivity index (χ1) is 19.9. The number of methoxy groups -OCH3 is 1. The van der Waals surface area contributed by atoms with E-state index in [2.05, 4.69) is 25.7 Å². The highest BCUT2D eigenvalue weighted by molar-refractivity contribution is 6.00. The Labute approximate surface area is 244 Å². The molecule has 2 aromatic carbocycles. The zero-order valence-corrected chi connectivity index (χ0v) is 25.1. The first kappa shape index (κ1) is 31.8. The predicted molar refractivity (Wildman–Crippen MR) is 166 cm³/mol. The van der Waals surface area contributed by atoms with E-state index in [4.69, 9.17) is 14.6 Å². The van der Waals surface area contributed by atoms with E-state index in [9.17, 15) is 9.59 Å². The molecule has 3 aromatic rings. The summed E-state index contributed by atoms with van der Waals surface area (Å²) in [7, 11) is 1.61. The third-order valence-electron chi connectivity index (χ3n) is 7.25. The number of ketones is 1. The number of fused-ring (bicyclic) bond motifs is 1. The summed E-state index contributed by atoms with van der Waals surface area (Å²) in [5, 5.41) is 8.67. The fourth-order valence-corrected chi connectivity index (χ4v) is 4.98. The molecular weight excluding hydrogens is 514 g/mol. The second-order valence-electron chi connectivity index (χ2n) is 10.5. The fourth-order valence-electron chi connectivity index (χ4n) is 4.98. The molecule has 220 valence electrons. The van der Waals surface area contributed by atoms with Crippen LogP contribution in [0, 0.1) is 12.8 Å². The average molecular weight is 560 g/mol. The Bertz CT molecular complexity index is 1320. The first-order valence-corrected chi connectivity index (χ1v) is 14.8. The molecule has 0 fully saturated rings. The highest BCUT2D eigenvalue weighted by atomic mass is 16.5. The molecule has 1 N–H and O–H groups in total. The van der Waals surface area contributed by atoms with Gasteiger partial charge in [-0.3, -0.25) is 14.3 Å². The van der Waals surface area contributed by atoms with E-state index in [1.165, 1.54) is 0 Å². The normalized spacial score (nSPS) is 12.3. The zero-order valence-electron chi connectivity index (χ0n) is 25.1. The molecular formula is C34H45N3O4. The number of nitrogens with one attached hydrogen (secondary N) is 1. The van der Waals surface area contributed by atoms with Gasteiger partial charge in [0, 0.05) is 49.3 Å². The Balaban J connectivity index is 1.57. The van der Waals surface area contributed by atoms with Crippen molar-refractivity contribution in [2.75, 3.05) is 20.3 Å². The van der Waals surface area contributed by atoms with Gasteiger partial charge < -0.3 is 14.8 Å². The minimum Gasteiger partial charge on any atom is -0.458 e. The molecule has 1 amide bonds. The molecule has 7 heteroatoms. The van der Waals surface area contributed by atoms with Crippen LogP contribution in [0.3, 0.4) is 0 Å². The number of Topliss-reactive ketones (excluding diaryl/α,β-unsaturated/α-hetero) is 1. The Morgan fingerprint density at radius 1 is 1.10 bits per heavy atom. The Kier molecular flexibility index (Phi) is 12.8. The van der Waals surface area contributed by atoms with Crippen LogP contribution in [-0.4, -0.2) is 41.7 Å². The van der Waals surface area contributed by atoms with Crippen molar-refractivity contribution >= 4 is 22.6 Å². The Morgan fingerprint density at radius 2 is 1.88 bits per heavy atom. The molecule has 0 saturated heterocycles. The number of nitrogens with zero attached hydrogens (tertiary/aromatic N) is 2. The minimum absolute atomic E-state index is 0.102. The highest BCUT2D eigenvalue weighted by Crippen LogP contribution is 2.24. The van der Waals surface area contributed by atoms with Gasteiger partial charge in [-0.25, -0.2) is 0 Å². The van der Waals surface area contributed by atoms with Crippen LogP contribution in [-0.2, 0) is 11.3 Å². The molecule has 0 spiro atoms. The lowest BCUT2D eigenvalue weighted by Gasteiger charge is -2.16. The van der Waals surface area contributed by atoms with Crippen LogP contribution in [0.5, 0.6) is 5.75 Å². The summed E-state index contributed by atoms with van der Waals surface area (Å²) in [6.07, 6.45) is 12.2. The Hall–Kier alpha value is -3.71. The number of hydrogen-bond acceptors (Lipinski definition) is 5. The largest absolute Gasteiger partial charge is 0.458 e. The lowest BCUT2D eigenvalue weighted by atomic mass is 9.95. The molecule has 0 aliphatic heterocycles. The van der Waals surface area contributed by atoms with E-state index >= 15 is 0 Å². The van der Waals surface area contributed by atoms with Crippen LogP contribution in [0.25, 0.3) is 10.9 Å². The van der Waals surface area contributed by atoms with Gasteiger partial charge in [0.05, 0.1) is 12.1 Å². The predicted octanol–water partition coefficient (Wildman–Crippen LogP) is 7.44. The molecule has 0 saturated carbocycles. The number of rotatable bonds is 18. The molecule has 3 rings (SSSR count). The number of aromatic nitrogens is 2. The lowest BCUT2D eigenvalue weighted by molar-refractivity contribution is 0.0935. The van der Waals surface area contributed by atoms with Crippen LogP contribution in [0.2, 0.25) is 0 Å². The van der Waals surface area contributed by atoms with Gasteiger partial charge in [0.25, 0.3) is 5.91 Å². The van der Waals surface area contributed by atoms with Crippen molar-refractivity contribution in [1.82, 2.24) is 15.1 Å². The first-order valence-electron chi connectivity index (χ1n) is 14.8. The van der Waals surface area contributed by atoms with Crippen LogP contribution in [0.15, 0.2) is 67.1 Å². The van der Waals surface area contributed by atoms with Crippen LogP contribution in [0.4, 0.5) is 0 Å². The maximum absolute atomic E-state index is 12.9. The van der Waals surface area contributed by atoms with E-state index in [0.29, 0.717) is 42.4 Å². The summed E-state index contributed by atoms with van der Waals surface area (Å²) < 4.78 is 12.9. The van der Waals surface area contributed by atoms with Crippen molar-refractivity contribution in [3.05, 3.63) is 83.8 Å². The maximum Gasteiger partial charge on any atom is 0.251 e. The summed E-state index contributed by atoms with van der Waals surface area (Å²) in [4.78, 5) is 25.5. The van der Waals surface area contributed by atoms with Gasteiger partial charge in [0.2, 0.25) is 0 Å². The van der Waals surface area contributed by atoms with Gasteiger partial charge in [-0.05, 0) is 92.6 Å². The number of allylic oxidation sites excluding steroid dienone is 2. The van der Waals surface area contributed by atoms with Crippen LogP contribution in [0.1, 0.15) is 85.1 Å². The second-order valence-corrected chi connectivity index (χ2v) is 10.5. The topological polar surface area (TPSA) is 82.5 Å². The van der Waals surface area contributed by atoms with E-state index in [-0.39, 0.29) is 11.7 Å². The van der Waals surface area contributed by atoms with Gasteiger partial charge in [-0.15, -0.1) is 0 Å². The van der Waals surface area contributed by atoms with Crippen molar-refractivity contribution in [2.45, 2.75) is 72.3 Å². The van der Waals surface area contributed by atoms with Crippen molar-refractivity contribution < 1.29 is 19.1 Å². The molecule has 1 heterocycles. The van der Waals surface area contributed by atoms with Gasteiger partial charge in [-0.2, -0.15) is 5.10 Å². The molecule has 0 bridgehead atoms. The number of aryl methyl sites for hydroxylation is 1. The van der Waals surface area contributed by atoms with Crippen molar-refractivity contribution in [2.24, 2.45) is 5.92 Å². The van der Waals surface area contributed by atoms with Gasteiger partial charge in [0.1, 0.15) is 11.5 Å². The summed E-state index contributed by atoms with van der Waals surface area (Å²) in [5.41, 5.74) is 3.17. The number of carbonyl (C=O) groups excluding carboxylic acids is 2. The lowest BCUT2D eigenvalue weighted by Crippen LogP contribution is -2.27. The summed E-state index contributed by atoms with van der Waals surface area (Å²) in [5.74, 6) is 1.90. The maximum atomic E-state index is 12.9. The molecule has 41 heavy (non-hydrogen) atoms. The molecule has 7 nitrogen and oxygen atoms in total. The van der Waals surface area contributed by atoms with Crippen molar-refractivity contribution in [3.63, 3.8) is 0 Å². The quantitative estimate of drug-likeness (QED) is 0.0758. The Morgan fingerprint density at radius 3 is 2.56 bits per heavy atom. The summed E-state index contributed by atoms with van der Waals surface area (Å²) in [6, 6.07) is 11.1. The molecule has 1 atom stereocenters. The average Bonchev–Trinajstić information content (AvgIpc) is 3.39. The smallest absolute Gasteiger partial charge is 0.251 e. The van der Waals surface area contributed by atoms with Crippen LogP contribution >= 0.6 is 0 Å². The summed E-state index contributed by atoms with van der Waals surface area (Å²) in [6.45, 7) is 11.8. The molecule has 0 radical (unpaired) electrons. The third-order valence-corrected chi connectivity index (χ3v) is 7.25. The number of hydrogen-bond donors (Lipinski definition) is 1. The van der Waals surface area contributed by atoms with E-state index in [1.54, 1.807) is 13.2 Å². The van der Waals surface area contributed by atoms with Crippen molar-refractivity contribution in [3.8, 4) is 5.75 Å². The third kappa shape index (κ3) is 9.42. The van der Waals surface area contributed by atoms with E-state index < -0.39 is 0 Å². The summed E-state index contributed by atoms with van der Waals surface area (Å²) >= 11 is 0. The SMILES string of the molecule is C=C/C(=C\CCC)Oc1ccc(C(=O)CCCC(CCC)Cn2cc3c(C)c(C(=O)NCCOC)ccc3n2)cc1. The standard InChI is InChI=1S/C34H45N3O4/c1-6-9-13-28(8-3)41-29-17-15-27(16-18-29)33(38)14-10-12-26(11-7-2)23-37-24-31-25(4)30(19-20-32(31)36-37)34(39)35-21-22-40-5/h8,13,15-20,24,26H,3,6-7,9-12,14,21-23H2,1-2,4-5H3,(H,35,39)/b28-13+. The van der Waals surface area contributed by atoms with E-state index in [1.807, 2.05) is 60.3 Å². The number of ether oxygens (including phenoxy) is 2. The van der Waals surface area contributed by atoms with Crippen molar-refractivity contribution in [1.29, 1.82) is 0 Å². The minimum atomic E-state index is -0.102. The number of amides is 1. The fraction of sp³-hybridized carbons (Fsp3) is 0.441. The molecule has 1 aromatic heterocycles. The number of benzene rings is 2. The highest BCUT2D eigenvalue weighted by Gasteiger charge is 2.16. The number of carbonyl (C=O) groups is 2. The van der Waals surface area contributed by atoms with E-state index in [0.717, 1.165) is 67.3 Å². The van der Waals surface area contributed by atoms with Gasteiger partial charge >= 0.3 is 0 Å². The molecule has 0 aliphatic carbocycles. The second kappa shape index (κ2) is 16.5. The van der Waals surface area contributed by atoms with Gasteiger partial charge in [-0.1, -0.05) is 33.3 Å².